The fourth-order valence-corrected chi connectivity index (χ4v) is 5.57. The lowest BCUT2D eigenvalue weighted by molar-refractivity contribution is 0.0473. The van der Waals surface area contributed by atoms with Gasteiger partial charge in [-0.05, 0) is 66.8 Å². The Labute approximate surface area is 186 Å². The van der Waals surface area contributed by atoms with Crippen LogP contribution in [0.4, 0.5) is 0 Å². The topological polar surface area (TPSA) is 93.9 Å². The lowest BCUT2D eigenvalue weighted by Crippen LogP contribution is -2.30. The van der Waals surface area contributed by atoms with E-state index in [1.165, 1.54) is 45.8 Å². The van der Waals surface area contributed by atoms with Gasteiger partial charge < -0.3 is 9.15 Å². The molecule has 3 aromatic rings. The molecule has 0 fully saturated rings. The molecule has 0 atom stereocenters. The van der Waals surface area contributed by atoms with Crippen molar-refractivity contribution < 1.29 is 22.4 Å². The van der Waals surface area contributed by atoms with Gasteiger partial charge in [0.2, 0.25) is 10.0 Å². The largest absolute Gasteiger partial charge is 0.457 e. The molecule has 168 valence electrons. The number of aryl methyl sites for hydroxylation is 2. The van der Waals surface area contributed by atoms with E-state index in [0.717, 1.165) is 24.6 Å². The second-order valence-electron chi connectivity index (χ2n) is 7.75. The summed E-state index contributed by atoms with van der Waals surface area (Å²) in [4.78, 5) is 24.7. The Bertz CT molecular complexity index is 1320. The number of benzene rings is 2. The van der Waals surface area contributed by atoms with Crippen LogP contribution in [0.3, 0.4) is 0 Å². The highest BCUT2D eigenvalue weighted by atomic mass is 32.2. The number of hydrogen-bond donors (Lipinski definition) is 0. The predicted molar refractivity (Wildman–Crippen MR) is 120 cm³/mol. The van der Waals surface area contributed by atoms with Gasteiger partial charge in [-0.2, -0.15) is 4.31 Å². The Balaban J connectivity index is 1.53. The van der Waals surface area contributed by atoms with Crippen LogP contribution in [0.15, 0.2) is 56.6 Å². The molecule has 0 amide bonds. The SMILES string of the molecule is CCN(CC)S(=O)(=O)c1ccc(C(=O)OCc2cc(=O)oc3cc4c(cc23)CCC4)cc1. The van der Waals surface area contributed by atoms with Crippen LogP contribution in [0.5, 0.6) is 0 Å². The number of nitrogens with zero attached hydrogens (tertiary/aromatic N) is 1. The molecule has 8 heteroatoms. The van der Waals surface area contributed by atoms with Crippen molar-refractivity contribution in [1.29, 1.82) is 0 Å². The minimum atomic E-state index is -3.60. The zero-order valence-corrected chi connectivity index (χ0v) is 18.9. The van der Waals surface area contributed by atoms with Crippen LogP contribution in [0.25, 0.3) is 11.0 Å². The molecular weight excluding hydrogens is 430 g/mol. The van der Waals surface area contributed by atoms with Gasteiger partial charge in [0.1, 0.15) is 12.2 Å². The lowest BCUT2D eigenvalue weighted by Gasteiger charge is -2.18. The molecule has 4 rings (SSSR count). The van der Waals surface area contributed by atoms with Gasteiger partial charge in [-0.25, -0.2) is 18.0 Å². The van der Waals surface area contributed by atoms with E-state index in [1.54, 1.807) is 13.8 Å². The number of sulfonamides is 1. The molecule has 0 aliphatic heterocycles. The molecule has 0 N–H and O–H groups in total. The molecule has 0 saturated heterocycles. The third-order valence-corrected chi connectivity index (χ3v) is 7.90. The highest BCUT2D eigenvalue weighted by Gasteiger charge is 2.22. The summed E-state index contributed by atoms with van der Waals surface area (Å²) in [5, 5.41) is 0.763. The first-order valence-corrected chi connectivity index (χ1v) is 12.1. The predicted octanol–water partition coefficient (Wildman–Crippen LogP) is 3.67. The fraction of sp³-hybridized carbons (Fsp3) is 0.333. The zero-order chi connectivity index (χ0) is 22.9. The average Bonchev–Trinajstić information content (AvgIpc) is 3.24. The Kier molecular flexibility index (Phi) is 6.17. The fourth-order valence-electron chi connectivity index (χ4n) is 4.12. The van der Waals surface area contributed by atoms with Crippen LogP contribution >= 0.6 is 0 Å². The molecule has 0 bridgehead atoms. The maximum atomic E-state index is 12.6. The monoisotopic (exact) mass is 455 g/mol. The first-order chi connectivity index (χ1) is 15.3. The van der Waals surface area contributed by atoms with Gasteiger partial charge in [0.05, 0.1) is 10.5 Å². The minimum absolute atomic E-state index is 0.0841. The second-order valence-corrected chi connectivity index (χ2v) is 9.69. The molecule has 2 aromatic carbocycles. The van der Waals surface area contributed by atoms with Crippen molar-refractivity contribution in [3.63, 3.8) is 0 Å². The summed E-state index contributed by atoms with van der Waals surface area (Å²) in [7, 11) is -3.60. The minimum Gasteiger partial charge on any atom is -0.457 e. The third kappa shape index (κ3) is 4.20. The quantitative estimate of drug-likeness (QED) is 0.399. The van der Waals surface area contributed by atoms with E-state index >= 15 is 0 Å². The van der Waals surface area contributed by atoms with E-state index in [9.17, 15) is 18.0 Å². The van der Waals surface area contributed by atoms with E-state index < -0.39 is 21.6 Å². The van der Waals surface area contributed by atoms with Crippen LogP contribution in [-0.4, -0.2) is 31.8 Å². The standard InChI is InChI=1S/C24H25NO6S/c1-3-25(4-2)32(28,29)20-10-8-16(9-11-20)24(27)30-15-19-14-23(26)31-22-13-18-7-5-6-17(18)12-21(19)22/h8-14H,3-7,15H2,1-2H3. The van der Waals surface area contributed by atoms with Crippen molar-refractivity contribution >= 4 is 27.0 Å². The molecule has 1 aliphatic carbocycles. The number of hydrogen-bond acceptors (Lipinski definition) is 6. The molecule has 1 aromatic heterocycles. The van der Waals surface area contributed by atoms with Crippen LogP contribution in [0, 0.1) is 0 Å². The van der Waals surface area contributed by atoms with Gasteiger partial charge in [-0.3, -0.25) is 0 Å². The maximum Gasteiger partial charge on any atom is 0.338 e. The van der Waals surface area contributed by atoms with E-state index in [4.69, 9.17) is 9.15 Å². The molecule has 1 aliphatic rings. The Hall–Kier alpha value is -2.97. The molecule has 32 heavy (non-hydrogen) atoms. The third-order valence-electron chi connectivity index (χ3n) is 5.83. The molecule has 0 spiro atoms. The first kappa shape index (κ1) is 22.2. The highest BCUT2D eigenvalue weighted by Crippen LogP contribution is 2.29. The van der Waals surface area contributed by atoms with Gasteiger partial charge in [-0.15, -0.1) is 0 Å². The number of rotatable bonds is 7. The highest BCUT2D eigenvalue weighted by molar-refractivity contribution is 7.89. The van der Waals surface area contributed by atoms with Gasteiger partial charge in [0, 0.05) is 30.1 Å². The lowest BCUT2D eigenvalue weighted by atomic mass is 10.0. The summed E-state index contributed by atoms with van der Waals surface area (Å²) in [5.74, 6) is -0.598. The van der Waals surface area contributed by atoms with Crippen molar-refractivity contribution in [2.75, 3.05) is 13.1 Å². The van der Waals surface area contributed by atoms with Crippen LogP contribution in [0.2, 0.25) is 0 Å². The van der Waals surface area contributed by atoms with Gasteiger partial charge in [0.15, 0.2) is 0 Å². The average molecular weight is 456 g/mol. The molecule has 7 nitrogen and oxygen atoms in total. The van der Waals surface area contributed by atoms with Gasteiger partial charge in [-0.1, -0.05) is 13.8 Å². The van der Waals surface area contributed by atoms with Gasteiger partial charge >= 0.3 is 11.6 Å². The summed E-state index contributed by atoms with van der Waals surface area (Å²) in [5.41, 5.74) is 3.23. The van der Waals surface area contributed by atoms with Crippen molar-refractivity contribution in [2.24, 2.45) is 0 Å². The van der Waals surface area contributed by atoms with Crippen molar-refractivity contribution in [2.45, 2.75) is 44.6 Å². The van der Waals surface area contributed by atoms with E-state index in [2.05, 4.69) is 0 Å². The summed E-state index contributed by atoms with van der Waals surface area (Å²) >= 11 is 0. The van der Waals surface area contributed by atoms with E-state index in [0.29, 0.717) is 24.2 Å². The van der Waals surface area contributed by atoms with Crippen molar-refractivity contribution in [3.8, 4) is 0 Å². The van der Waals surface area contributed by atoms with Crippen molar-refractivity contribution in [1.82, 2.24) is 4.31 Å². The summed E-state index contributed by atoms with van der Waals surface area (Å²) in [6.45, 7) is 4.19. The molecule has 0 saturated carbocycles. The van der Waals surface area contributed by atoms with Crippen molar-refractivity contribution in [3.05, 3.63) is 75.1 Å². The number of esters is 1. The van der Waals surface area contributed by atoms with Gasteiger partial charge in [0.25, 0.3) is 0 Å². The first-order valence-electron chi connectivity index (χ1n) is 10.7. The normalized spacial score (nSPS) is 13.5. The Morgan fingerprint density at radius 1 is 1.03 bits per heavy atom. The zero-order valence-electron chi connectivity index (χ0n) is 18.1. The number of ether oxygens (including phenoxy) is 1. The molecule has 0 radical (unpaired) electrons. The maximum absolute atomic E-state index is 12.6. The molecular formula is C24H25NO6S. The van der Waals surface area contributed by atoms with Crippen LogP contribution in [0.1, 0.15) is 47.3 Å². The Morgan fingerprint density at radius 3 is 2.34 bits per heavy atom. The number of fused-ring (bicyclic) bond motifs is 2. The summed E-state index contributed by atoms with van der Waals surface area (Å²) in [6.07, 6.45) is 3.01. The second kappa shape index (κ2) is 8.88. The summed E-state index contributed by atoms with van der Waals surface area (Å²) in [6, 6.07) is 10.9. The summed E-state index contributed by atoms with van der Waals surface area (Å²) < 4.78 is 37.3. The van der Waals surface area contributed by atoms with E-state index in [1.807, 2.05) is 12.1 Å². The number of carbonyl (C=O) groups is 1. The molecule has 0 unspecified atom stereocenters. The smallest absolute Gasteiger partial charge is 0.338 e. The number of carbonyl (C=O) groups excluding carboxylic acids is 1. The van der Waals surface area contributed by atoms with Crippen LogP contribution in [-0.2, 0) is 34.2 Å². The van der Waals surface area contributed by atoms with Crippen LogP contribution < -0.4 is 5.63 Å². The van der Waals surface area contributed by atoms with E-state index in [-0.39, 0.29) is 17.1 Å². The molecule has 1 heterocycles. The Morgan fingerprint density at radius 2 is 1.69 bits per heavy atom.